The largest absolute Gasteiger partial charge is 0.466 e. The molecule has 2 N–H and O–H groups in total. The van der Waals surface area contributed by atoms with Crippen molar-refractivity contribution in [2.24, 2.45) is 17.8 Å². The quantitative estimate of drug-likeness (QED) is 0.766. The van der Waals surface area contributed by atoms with E-state index in [1.165, 1.54) is 12.8 Å². The summed E-state index contributed by atoms with van der Waals surface area (Å²) in [4.78, 5) is 11.7. The zero-order valence-electron chi connectivity index (χ0n) is 13.7. The third-order valence-corrected chi connectivity index (χ3v) is 5.69. The number of aliphatic hydroxyl groups is 1. The summed E-state index contributed by atoms with van der Waals surface area (Å²) in [5.41, 5.74) is -0.644. The third kappa shape index (κ3) is 4.19. The molecule has 0 aliphatic heterocycles. The van der Waals surface area contributed by atoms with E-state index < -0.39 is 5.60 Å². The Balaban J connectivity index is 1.76. The van der Waals surface area contributed by atoms with Crippen molar-refractivity contribution in [3.05, 3.63) is 0 Å². The predicted octanol–water partition coefficient (Wildman–Crippen LogP) is 2.50. The Morgan fingerprint density at radius 3 is 2.43 bits per heavy atom. The minimum Gasteiger partial charge on any atom is -0.466 e. The SMILES string of the molecule is CCOC(=O)C1CCC(O)(CNC2CCC(C)C2C)CC1. The van der Waals surface area contributed by atoms with Crippen molar-refractivity contribution in [3.8, 4) is 0 Å². The molecule has 4 nitrogen and oxygen atoms in total. The normalized spacial score (nSPS) is 40.2. The van der Waals surface area contributed by atoms with Crippen molar-refractivity contribution in [2.75, 3.05) is 13.2 Å². The fourth-order valence-electron chi connectivity index (χ4n) is 3.80. The summed E-state index contributed by atoms with van der Waals surface area (Å²) in [6.45, 7) is 7.55. The Hall–Kier alpha value is -0.610. The van der Waals surface area contributed by atoms with Gasteiger partial charge in [0.2, 0.25) is 0 Å². The van der Waals surface area contributed by atoms with Crippen molar-refractivity contribution in [1.29, 1.82) is 0 Å². The molecule has 122 valence electrons. The van der Waals surface area contributed by atoms with Gasteiger partial charge in [-0.3, -0.25) is 4.79 Å². The highest BCUT2D eigenvalue weighted by atomic mass is 16.5. The van der Waals surface area contributed by atoms with Crippen LogP contribution in [0.5, 0.6) is 0 Å². The van der Waals surface area contributed by atoms with Gasteiger partial charge in [-0.2, -0.15) is 0 Å². The van der Waals surface area contributed by atoms with E-state index in [2.05, 4.69) is 19.2 Å². The lowest BCUT2D eigenvalue weighted by atomic mass is 9.78. The minimum absolute atomic E-state index is 0.0179. The first-order valence-corrected chi connectivity index (χ1v) is 8.57. The molecule has 2 aliphatic carbocycles. The van der Waals surface area contributed by atoms with Gasteiger partial charge in [0.1, 0.15) is 0 Å². The highest BCUT2D eigenvalue weighted by Crippen LogP contribution is 2.34. The molecular formula is C17H31NO3. The van der Waals surface area contributed by atoms with Crippen LogP contribution in [0.15, 0.2) is 0 Å². The molecule has 0 saturated heterocycles. The number of nitrogens with one attached hydrogen (secondary N) is 1. The molecule has 2 aliphatic rings. The third-order valence-electron chi connectivity index (χ3n) is 5.69. The van der Waals surface area contributed by atoms with Gasteiger partial charge in [0.05, 0.1) is 18.1 Å². The standard InChI is InChI=1S/C17H31NO3/c1-4-21-16(19)14-7-9-17(20,10-8-14)11-18-15-6-5-12(2)13(15)3/h12-15,18,20H,4-11H2,1-3H3. The van der Waals surface area contributed by atoms with Crippen LogP contribution in [0.2, 0.25) is 0 Å². The van der Waals surface area contributed by atoms with Gasteiger partial charge in [-0.25, -0.2) is 0 Å². The van der Waals surface area contributed by atoms with Crippen molar-refractivity contribution in [1.82, 2.24) is 5.32 Å². The van der Waals surface area contributed by atoms with Gasteiger partial charge in [0.25, 0.3) is 0 Å². The lowest BCUT2D eigenvalue weighted by molar-refractivity contribution is -0.151. The first-order valence-electron chi connectivity index (χ1n) is 8.57. The number of esters is 1. The van der Waals surface area contributed by atoms with Gasteiger partial charge in [-0.1, -0.05) is 13.8 Å². The zero-order valence-corrected chi connectivity index (χ0v) is 13.7. The predicted molar refractivity (Wildman–Crippen MR) is 82.9 cm³/mol. The van der Waals surface area contributed by atoms with Crippen LogP contribution in [0.4, 0.5) is 0 Å². The maximum atomic E-state index is 11.7. The summed E-state index contributed by atoms with van der Waals surface area (Å²) in [7, 11) is 0. The van der Waals surface area contributed by atoms with E-state index in [0.717, 1.165) is 18.8 Å². The van der Waals surface area contributed by atoms with Crippen LogP contribution in [-0.4, -0.2) is 35.9 Å². The molecule has 2 saturated carbocycles. The molecule has 0 bridgehead atoms. The smallest absolute Gasteiger partial charge is 0.308 e. The highest BCUT2D eigenvalue weighted by molar-refractivity contribution is 5.72. The van der Waals surface area contributed by atoms with E-state index in [1.807, 2.05) is 6.92 Å². The van der Waals surface area contributed by atoms with Gasteiger partial charge >= 0.3 is 5.97 Å². The van der Waals surface area contributed by atoms with Crippen LogP contribution < -0.4 is 5.32 Å². The summed E-state index contributed by atoms with van der Waals surface area (Å²) in [5, 5.41) is 14.3. The van der Waals surface area contributed by atoms with Gasteiger partial charge in [0.15, 0.2) is 0 Å². The molecule has 3 atom stereocenters. The fraction of sp³-hybridized carbons (Fsp3) is 0.941. The summed E-state index contributed by atoms with van der Waals surface area (Å²) < 4.78 is 5.08. The van der Waals surface area contributed by atoms with Gasteiger partial charge in [-0.05, 0) is 57.3 Å². The zero-order chi connectivity index (χ0) is 15.5. The molecule has 4 heteroatoms. The van der Waals surface area contributed by atoms with Crippen molar-refractivity contribution in [3.63, 3.8) is 0 Å². The van der Waals surface area contributed by atoms with E-state index in [9.17, 15) is 9.90 Å². The summed E-state index contributed by atoms with van der Waals surface area (Å²) >= 11 is 0. The molecule has 3 unspecified atom stereocenters. The lowest BCUT2D eigenvalue weighted by Gasteiger charge is -2.36. The molecule has 2 fully saturated rings. The molecule has 0 aromatic heterocycles. The summed E-state index contributed by atoms with van der Waals surface area (Å²) in [5.74, 6) is 1.35. The Morgan fingerprint density at radius 1 is 1.24 bits per heavy atom. The molecule has 0 aromatic carbocycles. The number of ether oxygens (including phenoxy) is 1. The molecule has 0 spiro atoms. The van der Waals surface area contributed by atoms with Crippen LogP contribution in [0, 0.1) is 17.8 Å². The van der Waals surface area contributed by atoms with Crippen LogP contribution in [-0.2, 0) is 9.53 Å². The number of carbonyl (C=O) groups excluding carboxylic acids is 1. The van der Waals surface area contributed by atoms with Crippen LogP contribution in [0.3, 0.4) is 0 Å². The average Bonchev–Trinajstić information content (AvgIpc) is 2.78. The highest BCUT2D eigenvalue weighted by Gasteiger charge is 2.38. The molecule has 0 aromatic rings. The monoisotopic (exact) mass is 297 g/mol. The summed E-state index contributed by atoms with van der Waals surface area (Å²) in [6.07, 6.45) is 5.37. The minimum atomic E-state index is -0.644. The van der Waals surface area contributed by atoms with E-state index in [1.54, 1.807) is 0 Å². The maximum Gasteiger partial charge on any atom is 0.308 e. The Morgan fingerprint density at radius 2 is 1.90 bits per heavy atom. The topological polar surface area (TPSA) is 58.6 Å². The second kappa shape index (κ2) is 7.10. The number of hydrogen-bond donors (Lipinski definition) is 2. The first kappa shape index (κ1) is 16.8. The van der Waals surface area contributed by atoms with Crippen LogP contribution in [0.25, 0.3) is 0 Å². The molecule has 2 rings (SSSR count). The molecule has 21 heavy (non-hydrogen) atoms. The molecule has 0 amide bonds. The first-order chi connectivity index (χ1) is 9.95. The number of carbonyl (C=O) groups is 1. The van der Waals surface area contributed by atoms with Crippen molar-refractivity contribution < 1.29 is 14.6 Å². The fourth-order valence-corrected chi connectivity index (χ4v) is 3.80. The second-order valence-corrected chi connectivity index (χ2v) is 7.15. The maximum absolute atomic E-state index is 11.7. The molecule has 0 heterocycles. The molecule has 0 radical (unpaired) electrons. The Labute approximate surface area is 128 Å². The van der Waals surface area contributed by atoms with E-state index in [-0.39, 0.29) is 11.9 Å². The number of rotatable bonds is 5. The molecular weight excluding hydrogens is 266 g/mol. The van der Waals surface area contributed by atoms with E-state index in [4.69, 9.17) is 4.74 Å². The summed E-state index contributed by atoms with van der Waals surface area (Å²) in [6, 6.07) is 0.534. The lowest BCUT2D eigenvalue weighted by Crippen LogP contribution is -2.48. The van der Waals surface area contributed by atoms with Crippen LogP contribution >= 0.6 is 0 Å². The van der Waals surface area contributed by atoms with E-state index in [0.29, 0.717) is 38.0 Å². The Bertz CT molecular complexity index is 350. The second-order valence-electron chi connectivity index (χ2n) is 7.15. The van der Waals surface area contributed by atoms with Gasteiger partial charge < -0.3 is 15.2 Å². The van der Waals surface area contributed by atoms with E-state index >= 15 is 0 Å². The Kier molecular flexibility index (Phi) is 5.67. The van der Waals surface area contributed by atoms with Crippen molar-refractivity contribution >= 4 is 5.97 Å². The van der Waals surface area contributed by atoms with Gasteiger partial charge in [0, 0.05) is 12.6 Å². The van der Waals surface area contributed by atoms with Gasteiger partial charge in [-0.15, -0.1) is 0 Å². The number of hydrogen-bond acceptors (Lipinski definition) is 4. The van der Waals surface area contributed by atoms with Crippen molar-refractivity contribution in [2.45, 2.75) is 70.9 Å². The average molecular weight is 297 g/mol. The van der Waals surface area contributed by atoms with Crippen LogP contribution in [0.1, 0.15) is 59.3 Å².